The molecule has 0 rings (SSSR count). The normalized spacial score (nSPS) is 18.7. The van der Waals surface area contributed by atoms with Crippen molar-refractivity contribution < 1.29 is 9.32 Å². The van der Waals surface area contributed by atoms with Gasteiger partial charge in [-0.3, -0.25) is 4.21 Å². The lowest BCUT2D eigenvalue weighted by molar-refractivity contribution is 0.191. The van der Waals surface area contributed by atoms with Crippen molar-refractivity contribution in [2.45, 2.75) is 31.6 Å². The zero-order chi connectivity index (χ0) is 9.56. The topological polar surface area (TPSA) is 49.3 Å². The first-order valence-electron chi connectivity index (χ1n) is 4.25. The summed E-state index contributed by atoms with van der Waals surface area (Å²) in [5.41, 5.74) is 0. The van der Waals surface area contributed by atoms with Crippen LogP contribution >= 0.6 is 0 Å². The van der Waals surface area contributed by atoms with E-state index in [4.69, 9.17) is 5.11 Å². The molecule has 0 aromatic carbocycles. The minimum absolute atomic E-state index is 0.242. The fourth-order valence-corrected chi connectivity index (χ4v) is 1.23. The number of rotatable bonds is 6. The van der Waals surface area contributed by atoms with Crippen molar-refractivity contribution >= 4 is 10.8 Å². The predicted molar refractivity (Wildman–Crippen MR) is 52.7 cm³/mol. The summed E-state index contributed by atoms with van der Waals surface area (Å²) in [6.07, 6.45) is 2.32. The first kappa shape index (κ1) is 12.1. The molecule has 74 valence electrons. The lowest BCUT2D eigenvalue weighted by atomic mass is 10.3. The number of aliphatic hydroxyl groups is 1. The van der Waals surface area contributed by atoms with Crippen LogP contribution in [0.5, 0.6) is 0 Å². The number of aliphatic hydroxyl groups excluding tert-OH is 1. The lowest BCUT2D eigenvalue weighted by Crippen LogP contribution is -2.27. The van der Waals surface area contributed by atoms with E-state index in [-0.39, 0.29) is 11.4 Å². The van der Waals surface area contributed by atoms with Crippen LogP contribution < -0.4 is 5.32 Å². The molecule has 0 heterocycles. The fourth-order valence-electron chi connectivity index (χ4n) is 0.782. The molecule has 0 aromatic heterocycles. The summed E-state index contributed by atoms with van der Waals surface area (Å²) in [4.78, 5) is 0. The molecule has 0 bridgehead atoms. The van der Waals surface area contributed by atoms with E-state index in [0.29, 0.717) is 6.54 Å². The van der Waals surface area contributed by atoms with Crippen LogP contribution in [-0.4, -0.2) is 40.0 Å². The molecule has 0 fully saturated rings. The number of nitrogens with one attached hydrogen (secondary N) is 1. The first-order chi connectivity index (χ1) is 5.54. The summed E-state index contributed by atoms with van der Waals surface area (Å²) in [5.74, 6) is 0. The quantitative estimate of drug-likeness (QED) is 0.589. The zero-order valence-electron chi connectivity index (χ0n) is 8.04. The highest BCUT2D eigenvalue weighted by molar-refractivity contribution is 7.84. The van der Waals surface area contributed by atoms with Gasteiger partial charge in [0.2, 0.25) is 0 Å². The van der Waals surface area contributed by atoms with Crippen LogP contribution in [0.4, 0.5) is 0 Å². The molecule has 0 aromatic rings. The van der Waals surface area contributed by atoms with Crippen LogP contribution in [0.3, 0.4) is 0 Å². The minimum atomic E-state index is -0.727. The summed E-state index contributed by atoms with van der Waals surface area (Å²) in [6, 6.07) is 0. The summed E-state index contributed by atoms with van der Waals surface area (Å²) < 4.78 is 10.9. The van der Waals surface area contributed by atoms with E-state index in [9.17, 15) is 4.21 Å². The van der Waals surface area contributed by atoms with Gasteiger partial charge in [0.1, 0.15) is 0 Å². The summed E-state index contributed by atoms with van der Waals surface area (Å²) >= 11 is 0. The van der Waals surface area contributed by atoms with Crippen LogP contribution in [0.1, 0.15) is 20.3 Å². The Hall–Kier alpha value is 0.0700. The molecule has 3 atom stereocenters. The van der Waals surface area contributed by atoms with Crippen molar-refractivity contribution in [1.82, 2.24) is 5.32 Å². The Morgan fingerprint density at radius 3 is 2.50 bits per heavy atom. The molecular formula is C8H19NO2S. The van der Waals surface area contributed by atoms with Gasteiger partial charge in [0.25, 0.3) is 0 Å². The van der Waals surface area contributed by atoms with Gasteiger partial charge in [0, 0.05) is 28.9 Å². The molecule has 0 aliphatic heterocycles. The van der Waals surface area contributed by atoms with Crippen LogP contribution in [0.15, 0.2) is 0 Å². The van der Waals surface area contributed by atoms with Crippen LogP contribution in [0, 0.1) is 0 Å². The van der Waals surface area contributed by atoms with Crippen molar-refractivity contribution in [3.8, 4) is 0 Å². The molecule has 3 nitrogen and oxygen atoms in total. The van der Waals surface area contributed by atoms with Crippen LogP contribution in [-0.2, 0) is 10.8 Å². The van der Waals surface area contributed by atoms with Crippen molar-refractivity contribution in [3.05, 3.63) is 0 Å². The second-order valence-electron chi connectivity index (χ2n) is 3.15. The van der Waals surface area contributed by atoms with Gasteiger partial charge in [0.15, 0.2) is 0 Å². The van der Waals surface area contributed by atoms with Gasteiger partial charge in [-0.2, -0.15) is 0 Å². The highest BCUT2D eigenvalue weighted by atomic mass is 32.2. The van der Waals surface area contributed by atoms with E-state index < -0.39 is 10.8 Å². The van der Waals surface area contributed by atoms with E-state index in [1.54, 1.807) is 13.2 Å². The Balaban J connectivity index is 3.25. The average molecular weight is 193 g/mol. The smallest absolute Gasteiger partial charge is 0.0636 e. The highest BCUT2D eigenvalue weighted by Crippen LogP contribution is 1.96. The van der Waals surface area contributed by atoms with Crippen LogP contribution in [0.2, 0.25) is 0 Å². The standard InChI is InChI=1S/C8H19NO2S/c1-7(10)6-9-5-4-8(2)12(3)11/h7-10H,4-6H2,1-3H3/t7-,8?,12?/m1/s1. The van der Waals surface area contributed by atoms with Gasteiger partial charge >= 0.3 is 0 Å². The first-order valence-corrected chi connectivity index (χ1v) is 5.87. The van der Waals surface area contributed by atoms with Crippen molar-refractivity contribution in [1.29, 1.82) is 0 Å². The molecule has 2 unspecified atom stereocenters. The molecular weight excluding hydrogens is 174 g/mol. The third kappa shape index (κ3) is 6.76. The van der Waals surface area contributed by atoms with E-state index in [0.717, 1.165) is 13.0 Å². The molecule has 12 heavy (non-hydrogen) atoms. The maximum atomic E-state index is 10.9. The fraction of sp³-hybridized carbons (Fsp3) is 1.00. The largest absolute Gasteiger partial charge is 0.392 e. The van der Waals surface area contributed by atoms with E-state index >= 15 is 0 Å². The van der Waals surface area contributed by atoms with Gasteiger partial charge in [0.05, 0.1) is 6.10 Å². The number of hydrogen-bond acceptors (Lipinski definition) is 3. The molecule has 0 amide bonds. The highest BCUT2D eigenvalue weighted by Gasteiger charge is 2.04. The van der Waals surface area contributed by atoms with Crippen molar-refractivity contribution in [2.24, 2.45) is 0 Å². The van der Waals surface area contributed by atoms with E-state index in [1.807, 2.05) is 6.92 Å². The predicted octanol–water partition coefficient (Wildman–Crippen LogP) is 0.114. The molecule has 0 saturated heterocycles. The monoisotopic (exact) mass is 193 g/mol. The Morgan fingerprint density at radius 1 is 1.50 bits per heavy atom. The van der Waals surface area contributed by atoms with Crippen molar-refractivity contribution in [3.63, 3.8) is 0 Å². The summed E-state index contributed by atoms with van der Waals surface area (Å²) in [5, 5.41) is 12.2. The van der Waals surface area contributed by atoms with Gasteiger partial charge < -0.3 is 10.4 Å². The van der Waals surface area contributed by atoms with E-state index in [2.05, 4.69) is 5.32 Å². The van der Waals surface area contributed by atoms with Crippen LogP contribution in [0.25, 0.3) is 0 Å². The van der Waals surface area contributed by atoms with Gasteiger partial charge in [-0.25, -0.2) is 0 Å². The Morgan fingerprint density at radius 2 is 2.08 bits per heavy atom. The van der Waals surface area contributed by atoms with Crippen molar-refractivity contribution in [2.75, 3.05) is 19.3 Å². The second kappa shape index (κ2) is 6.57. The van der Waals surface area contributed by atoms with Gasteiger partial charge in [-0.1, -0.05) is 6.92 Å². The lowest BCUT2D eigenvalue weighted by Gasteiger charge is -2.09. The van der Waals surface area contributed by atoms with Gasteiger partial charge in [-0.15, -0.1) is 0 Å². The molecule has 0 aliphatic rings. The maximum absolute atomic E-state index is 10.9. The molecule has 0 saturated carbocycles. The summed E-state index contributed by atoms with van der Waals surface area (Å²) in [6.45, 7) is 5.16. The Labute approximate surface area is 77.0 Å². The average Bonchev–Trinajstić information content (AvgIpc) is 1.97. The molecule has 0 spiro atoms. The zero-order valence-corrected chi connectivity index (χ0v) is 8.86. The number of hydrogen-bond donors (Lipinski definition) is 2. The molecule has 0 aliphatic carbocycles. The SMILES string of the molecule is CC(CCNC[C@@H](C)O)S(C)=O. The van der Waals surface area contributed by atoms with E-state index in [1.165, 1.54) is 0 Å². The van der Waals surface area contributed by atoms with Gasteiger partial charge in [-0.05, 0) is 19.9 Å². The summed E-state index contributed by atoms with van der Waals surface area (Å²) in [7, 11) is -0.727. The Bertz CT molecular complexity index is 139. The molecule has 0 radical (unpaired) electrons. The third-order valence-corrected chi connectivity index (χ3v) is 3.10. The molecule has 4 heteroatoms. The Kier molecular flexibility index (Phi) is 6.61. The second-order valence-corrected chi connectivity index (χ2v) is 4.95. The molecule has 2 N–H and O–H groups in total. The maximum Gasteiger partial charge on any atom is 0.0636 e. The third-order valence-electron chi connectivity index (χ3n) is 1.73. The minimum Gasteiger partial charge on any atom is -0.392 e.